The molecule has 1 N–H and O–H groups in total. The lowest BCUT2D eigenvalue weighted by Gasteiger charge is -2.23. The average Bonchev–Trinajstić information content (AvgIpc) is 2.31. The molecule has 0 aromatic carbocycles. The van der Waals surface area contributed by atoms with E-state index < -0.39 is 17.8 Å². The number of nitrogens with one attached hydrogen (secondary N) is 1. The van der Waals surface area contributed by atoms with Gasteiger partial charge in [0.25, 0.3) is 0 Å². The molecule has 6 nitrogen and oxygen atoms in total. The number of carbonyl (C=O) groups is 2. The number of alkyl carbamates (subject to hydrolysis) is 1. The molecule has 8 heteroatoms. The Hall–Kier alpha value is -0.820. The summed E-state index contributed by atoms with van der Waals surface area (Å²) >= 11 is 6.99. The third kappa shape index (κ3) is 10.0. The molecule has 0 aliphatic rings. The highest BCUT2D eigenvalue weighted by atomic mass is 35.5. The molecule has 0 aromatic heterocycles. The fourth-order valence-electron chi connectivity index (χ4n) is 1.24. The lowest BCUT2D eigenvalue weighted by molar-refractivity contribution is 0.0519. The topological polar surface area (TPSA) is 67.9 Å². The average molecular weight is 327 g/mol. The molecular weight excluding hydrogens is 304 g/mol. The van der Waals surface area contributed by atoms with E-state index in [0.29, 0.717) is 19.6 Å². The van der Waals surface area contributed by atoms with Crippen LogP contribution in [0.4, 0.5) is 9.59 Å². The molecule has 0 atom stereocenters. The van der Waals surface area contributed by atoms with Gasteiger partial charge in [0, 0.05) is 25.4 Å². The summed E-state index contributed by atoms with van der Waals surface area (Å²) in [4.78, 5) is 24.6. The molecule has 20 heavy (non-hydrogen) atoms. The van der Waals surface area contributed by atoms with Gasteiger partial charge in [0.05, 0.1) is 0 Å². The van der Waals surface area contributed by atoms with Gasteiger partial charge in [-0.1, -0.05) is 11.6 Å². The maximum absolute atomic E-state index is 11.6. The Labute approximate surface area is 129 Å². The summed E-state index contributed by atoms with van der Waals surface area (Å²) in [6.45, 7) is 6.53. The van der Waals surface area contributed by atoms with E-state index in [1.54, 1.807) is 32.5 Å². The second-order valence-electron chi connectivity index (χ2n) is 4.93. The molecule has 0 unspecified atom stereocenters. The van der Waals surface area contributed by atoms with Crippen molar-refractivity contribution in [3.05, 3.63) is 0 Å². The highest BCUT2D eigenvalue weighted by molar-refractivity contribution is 7.98. The summed E-state index contributed by atoms with van der Waals surface area (Å²) in [5.74, 6) is 0.782. The van der Waals surface area contributed by atoms with Gasteiger partial charge in [-0.3, -0.25) is 0 Å². The van der Waals surface area contributed by atoms with Crippen LogP contribution in [0.15, 0.2) is 0 Å². The molecule has 0 saturated carbocycles. The number of alkyl halides is 1. The van der Waals surface area contributed by atoms with Crippen molar-refractivity contribution in [1.29, 1.82) is 0 Å². The second kappa shape index (κ2) is 9.99. The standard InChI is InChI=1S/C12H23ClN2O4S/c1-12(2,3)19-10(16)14-5-6-15(7-8-20-4)11(17)18-9-13/h5-9H2,1-4H3,(H,14,16). The second-order valence-corrected chi connectivity index (χ2v) is 6.13. The van der Waals surface area contributed by atoms with E-state index in [-0.39, 0.29) is 6.07 Å². The van der Waals surface area contributed by atoms with Crippen LogP contribution in [-0.4, -0.2) is 60.4 Å². The lowest BCUT2D eigenvalue weighted by atomic mass is 10.2. The van der Waals surface area contributed by atoms with Crippen LogP contribution >= 0.6 is 23.4 Å². The molecule has 0 aromatic rings. The van der Waals surface area contributed by atoms with Crippen molar-refractivity contribution in [2.24, 2.45) is 0 Å². The van der Waals surface area contributed by atoms with E-state index in [1.807, 2.05) is 6.26 Å². The number of thioether (sulfide) groups is 1. The van der Waals surface area contributed by atoms with Crippen LogP contribution in [0, 0.1) is 0 Å². The molecule has 0 saturated heterocycles. The summed E-state index contributed by atoms with van der Waals surface area (Å²) in [6, 6.07) is -0.186. The zero-order valence-electron chi connectivity index (χ0n) is 12.4. The molecule has 0 rings (SSSR count). The molecule has 2 amide bonds. The molecular formula is C12H23ClN2O4S. The van der Waals surface area contributed by atoms with Crippen LogP contribution in [-0.2, 0) is 9.47 Å². The Morgan fingerprint density at radius 1 is 1.30 bits per heavy atom. The van der Waals surface area contributed by atoms with E-state index in [2.05, 4.69) is 5.32 Å². The van der Waals surface area contributed by atoms with Gasteiger partial charge in [-0.2, -0.15) is 11.8 Å². The molecule has 0 spiro atoms. The Bertz CT molecular complexity index is 310. The number of carbonyl (C=O) groups excluding carboxylic acids is 2. The van der Waals surface area contributed by atoms with Gasteiger partial charge in [-0.05, 0) is 27.0 Å². The van der Waals surface area contributed by atoms with Crippen molar-refractivity contribution in [3.63, 3.8) is 0 Å². The Morgan fingerprint density at radius 2 is 1.95 bits per heavy atom. The maximum Gasteiger partial charge on any atom is 0.411 e. The quantitative estimate of drug-likeness (QED) is 0.728. The fraction of sp³-hybridized carbons (Fsp3) is 0.833. The lowest BCUT2D eigenvalue weighted by Crippen LogP contribution is -2.41. The number of hydrogen-bond donors (Lipinski definition) is 1. The minimum Gasteiger partial charge on any atom is -0.444 e. The van der Waals surface area contributed by atoms with Crippen LogP contribution in [0.2, 0.25) is 0 Å². The minimum atomic E-state index is -0.541. The van der Waals surface area contributed by atoms with Gasteiger partial charge in [0.2, 0.25) is 0 Å². The first-order chi connectivity index (χ1) is 9.30. The van der Waals surface area contributed by atoms with Crippen LogP contribution in [0.25, 0.3) is 0 Å². The van der Waals surface area contributed by atoms with Crippen LogP contribution in [0.3, 0.4) is 0 Å². The number of hydrogen-bond acceptors (Lipinski definition) is 5. The molecule has 118 valence electrons. The first kappa shape index (κ1) is 19.2. The summed E-state index contributed by atoms with van der Waals surface area (Å²) in [6.07, 6.45) is 0.956. The molecule has 0 aliphatic carbocycles. The van der Waals surface area contributed by atoms with Crippen molar-refractivity contribution in [2.45, 2.75) is 26.4 Å². The normalized spacial score (nSPS) is 10.8. The van der Waals surface area contributed by atoms with Gasteiger partial charge in [0.15, 0.2) is 6.07 Å². The Morgan fingerprint density at radius 3 is 2.45 bits per heavy atom. The number of nitrogens with zero attached hydrogens (tertiary/aromatic N) is 1. The maximum atomic E-state index is 11.6. The van der Waals surface area contributed by atoms with E-state index in [1.165, 1.54) is 4.90 Å². The number of rotatable bonds is 7. The van der Waals surface area contributed by atoms with Gasteiger partial charge in [-0.15, -0.1) is 0 Å². The molecule has 0 radical (unpaired) electrons. The van der Waals surface area contributed by atoms with Crippen molar-refractivity contribution in [1.82, 2.24) is 10.2 Å². The highest BCUT2D eigenvalue weighted by Crippen LogP contribution is 2.06. The third-order valence-corrected chi connectivity index (χ3v) is 2.75. The summed E-state index contributed by atoms with van der Waals surface area (Å²) in [7, 11) is 0. The van der Waals surface area contributed by atoms with Crippen molar-refractivity contribution in [3.8, 4) is 0 Å². The Balaban J connectivity index is 4.12. The summed E-state index contributed by atoms with van der Waals surface area (Å²) in [5.41, 5.74) is -0.541. The first-order valence-corrected chi connectivity index (χ1v) is 8.16. The predicted molar refractivity (Wildman–Crippen MR) is 81.4 cm³/mol. The molecule has 0 heterocycles. The largest absolute Gasteiger partial charge is 0.444 e. The number of amides is 2. The van der Waals surface area contributed by atoms with E-state index in [9.17, 15) is 9.59 Å². The van der Waals surface area contributed by atoms with Gasteiger partial charge >= 0.3 is 12.2 Å². The third-order valence-electron chi connectivity index (χ3n) is 2.05. The number of halogens is 1. The number of ether oxygens (including phenoxy) is 2. The van der Waals surface area contributed by atoms with Crippen molar-refractivity contribution >= 4 is 35.5 Å². The van der Waals surface area contributed by atoms with Crippen LogP contribution < -0.4 is 5.32 Å². The monoisotopic (exact) mass is 326 g/mol. The highest BCUT2D eigenvalue weighted by Gasteiger charge is 2.17. The van der Waals surface area contributed by atoms with Crippen LogP contribution in [0.5, 0.6) is 0 Å². The van der Waals surface area contributed by atoms with Gasteiger partial charge in [0.1, 0.15) is 5.60 Å². The van der Waals surface area contributed by atoms with Gasteiger partial charge in [-0.25, -0.2) is 9.59 Å². The summed E-state index contributed by atoms with van der Waals surface area (Å²) in [5, 5.41) is 2.59. The van der Waals surface area contributed by atoms with E-state index in [4.69, 9.17) is 21.1 Å². The van der Waals surface area contributed by atoms with Crippen molar-refractivity contribution < 1.29 is 19.1 Å². The van der Waals surface area contributed by atoms with Crippen molar-refractivity contribution in [2.75, 3.05) is 37.7 Å². The van der Waals surface area contributed by atoms with E-state index >= 15 is 0 Å². The summed E-state index contributed by atoms with van der Waals surface area (Å²) < 4.78 is 9.84. The molecule has 0 bridgehead atoms. The smallest absolute Gasteiger partial charge is 0.411 e. The Kier molecular flexibility index (Phi) is 9.58. The SMILES string of the molecule is CSCCN(CCNC(=O)OC(C)(C)C)C(=O)OCCl. The van der Waals surface area contributed by atoms with Crippen LogP contribution in [0.1, 0.15) is 20.8 Å². The fourth-order valence-corrected chi connectivity index (χ4v) is 1.74. The minimum absolute atomic E-state index is 0.186. The zero-order chi connectivity index (χ0) is 15.6. The molecule has 0 aliphatic heterocycles. The predicted octanol–water partition coefficient (Wildman–Crippen LogP) is 2.51. The zero-order valence-corrected chi connectivity index (χ0v) is 14.0. The molecule has 0 fully saturated rings. The van der Waals surface area contributed by atoms with Gasteiger partial charge < -0.3 is 19.7 Å². The first-order valence-electron chi connectivity index (χ1n) is 6.23. The van der Waals surface area contributed by atoms with E-state index in [0.717, 1.165) is 5.75 Å².